The second-order valence-corrected chi connectivity index (χ2v) is 3.74. The Morgan fingerprint density at radius 1 is 1.50 bits per heavy atom. The number of nitrogens with one attached hydrogen (secondary N) is 1. The Morgan fingerprint density at radius 2 is 2.28 bits per heavy atom. The van der Waals surface area contributed by atoms with Crippen LogP contribution < -0.4 is 5.32 Å². The highest BCUT2D eigenvalue weighted by Gasteiger charge is 2.21. The summed E-state index contributed by atoms with van der Waals surface area (Å²) in [5, 5.41) is 2.70. The number of benzene rings is 1. The van der Waals surface area contributed by atoms with Gasteiger partial charge in [-0.05, 0) is 17.7 Å². The molecule has 1 aliphatic rings. The van der Waals surface area contributed by atoms with Gasteiger partial charge in [0, 0.05) is 6.42 Å². The molecule has 0 aromatic heterocycles. The highest BCUT2D eigenvalue weighted by Crippen LogP contribution is 2.21. The van der Waals surface area contributed by atoms with Gasteiger partial charge in [0.25, 0.3) is 0 Å². The van der Waals surface area contributed by atoms with E-state index in [1.807, 2.05) is 6.07 Å². The third-order valence-electron chi connectivity index (χ3n) is 2.64. The minimum atomic E-state index is -0.426. The molecule has 0 radical (unpaired) electrons. The molecule has 1 aromatic rings. The first-order valence-electron chi connectivity index (χ1n) is 5.32. The standard InChI is InChI=1S/C12H13NO4.ClH/c1-16-11(14)9-4-2-3-8(7-9)10-5-6-17-12(15)13-10;/h2-4,7,10H,5-6H2,1H3,(H,13,15);1H/t10-;/m0./s1. The minimum absolute atomic E-state index is 0. The van der Waals surface area contributed by atoms with Crippen LogP contribution in [0.2, 0.25) is 0 Å². The topological polar surface area (TPSA) is 64.6 Å². The zero-order chi connectivity index (χ0) is 12.3. The van der Waals surface area contributed by atoms with E-state index < -0.39 is 6.09 Å². The number of carbonyl (C=O) groups excluding carboxylic acids is 2. The molecule has 0 saturated carbocycles. The molecule has 1 amide bonds. The number of esters is 1. The Morgan fingerprint density at radius 3 is 2.94 bits per heavy atom. The molecule has 0 aliphatic carbocycles. The highest BCUT2D eigenvalue weighted by molar-refractivity contribution is 5.89. The minimum Gasteiger partial charge on any atom is -0.465 e. The second-order valence-electron chi connectivity index (χ2n) is 3.74. The van der Waals surface area contributed by atoms with Gasteiger partial charge < -0.3 is 14.8 Å². The molecule has 1 atom stereocenters. The quantitative estimate of drug-likeness (QED) is 0.837. The van der Waals surface area contributed by atoms with Crippen LogP contribution in [0.15, 0.2) is 24.3 Å². The molecule has 1 aromatic carbocycles. The van der Waals surface area contributed by atoms with Gasteiger partial charge in [0.15, 0.2) is 0 Å². The van der Waals surface area contributed by atoms with E-state index in [1.165, 1.54) is 7.11 Å². The zero-order valence-corrected chi connectivity index (χ0v) is 10.7. The van der Waals surface area contributed by atoms with Crippen molar-refractivity contribution in [1.82, 2.24) is 5.32 Å². The maximum Gasteiger partial charge on any atom is 0.407 e. The van der Waals surface area contributed by atoms with Gasteiger partial charge in [-0.25, -0.2) is 9.59 Å². The lowest BCUT2D eigenvalue weighted by molar-refractivity contribution is 0.0600. The van der Waals surface area contributed by atoms with E-state index in [2.05, 4.69) is 10.1 Å². The predicted molar refractivity (Wildman–Crippen MR) is 66.9 cm³/mol. The maximum atomic E-state index is 11.4. The molecule has 18 heavy (non-hydrogen) atoms. The number of alkyl carbamates (subject to hydrolysis) is 1. The number of hydrogen-bond acceptors (Lipinski definition) is 4. The van der Waals surface area contributed by atoms with Gasteiger partial charge in [-0.15, -0.1) is 12.4 Å². The second kappa shape index (κ2) is 6.26. The van der Waals surface area contributed by atoms with Gasteiger partial charge in [-0.1, -0.05) is 12.1 Å². The van der Waals surface area contributed by atoms with Gasteiger partial charge in [-0.3, -0.25) is 0 Å². The van der Waals surface area contributed by atoms with Gasteiger partial charge in [-0.2, -0.15) is 0 Å². The van der Waals surface area contributed by atoms with E-state index in [0.717, 1.165) is 5.56 Å². The molecule has 1 heterocycles. The first kappa shape index (κ1) is 14.3. The normalized spacial score (nSPS) is 18.1. The molecule has 6 heteroatoms. The molecule has 1 saturated heterocycles. The fourth-order valence-electron chi connectivity index (χ4n) is 1.78. The van der Waals surface area contributed by atoms with Gasteiger partial charge >= 0.3 is 12.1 Å². The molecule has 1 N–H and O–H groups in total. The molecule has 1 fully saturated rings. The van der Waals surface area contributed by atoms with E-state index in [4.69, 9.17) is 4.74 Å². The van der Waals surface area contributed by atoms with Crippen LogP contribution in [0.3, 0.4) is 0 Å². The van der Waals surface area contributed by atoms with Crippen molar-refractivity contribution >= 4 is 24.5 Å². The first-order chi connectivity index (χ1) is 8.20. The van der Waals surface area contributed by atoms with E-state index in [0.29, 0.717) is 18.6 Å². The molecular formula is C12H14ClNO4. The van der Waals surface area contributed by atoms with Crippen LogP contribution in [0.25, 0.3) is 0 Å². The molecule has 1 aliphatic heterocycles. The molecule has 0 spiro atoms. The lowest BCUT2D eigenvalue weighted by Crippen LogP contribution is -2.35. The third kappa shape index (κ3) is 3.13. The Labute approximate surface area is 111 Å². The van der Waals surface area contributed by atoms with Crippen LogP contribution in [0.5, 0.6) is 0 Å². The van der Waals surface area contributed by atoms with Crippen molar-refractivity contribution in [3.63, 3.8) is 0 Å². The summed E-state index contributed by atoms with van der Waals surface area (Å²) in [4.78, 5) is 22.5. The molecule has 98 valence electrons. The predicted octanol–water partition coefficient (Wildman–Crippen LogP) is 2.07. The van der Waals surface area contributed by atoms with Crippen molar-refractivity contribution in [1.29, 1.82) is 0 Å². The summed E-state index contributed by atoms with van der Waals surface area (Å²) in [5.74, 6) is -0.384. The lowest BCUT2D eigenvalue weighted by atomic mass is 10.0. The Hall–Kier alpha value is -1.75. The van der Waals surface area contributed by atoms with Crippen molar-refractivity contribution in [2.75, 3.05) is 13.7 Å². The summed E-state index contributed by atoms with van der Waals surface area (Å²) >= 11 is 0. The summed E-state index contributed by atoms with van der Waals surface area (Å²) in [6.07, 6.45) is 0.265. The smallest absolute Gasteiger partial charge is 0.407 e. The summed E-state index contributed by atoms with van der Waals surface area (Å²) < 4.78 is 9.44. The first-order valence-corrected chi connectivity index (χ1v) is 5.32. The monoisotopic (exact) mass is 271 g/mol. The van der Waals surface area contributed by atoms with Gasteiger partial charge in [0.1, 0.15) is 0 Å². The number of hydrogen-bond donors (Lipinski definition) is 1. The number of methoxy groups -OCH3 is 1. The van der Waals surface area contributed by atoms with Crippen LogP contribution in [0, 0.1) is 0 Å². The van der Waals surface area contributed by atoms with E-state index in [1.54, 1.807) is 18.2 Å². The SMILES string of the molecule is COC(=O)c1cccc([C@@H]2CCOC(=O)N2)c1.Cl. The van der Waals surface area contributed by atoms with E-state index >= 15 is 0 Å². The molecule has 0 bridgehead atoms. The number of carbonyl (C=O) groups is 2. The number of amides is 1. The zero-order valence-electron chi connectivity index (χ0n) is 9.84. The van der Waals surface area contributed by atoms with Crippen LogP contribution >= 0.6 is 12.4 Å². The number of ether oxygens (including phenoxy) is 2. The third-order valence-corrected chi connectivity index (χ3v) is 2.64. The number of rotatable bonds is 2. The fraction of sp³-hybridized carbons (Fsp3) is 0.333. The summed E-state index contributed by atoms with van der Waals surface area (Å²) in [5.41, 5.74) is 1.36. The van der Waals surface area contributed by atoms with Crippen LogP contribution in [-0.4, -0.2) is 25.8 Å². The van der Waals surface area contributed by atoms with Crippen LogP contribution in [0.4, 0.5) is 4.79 Å². The highest BCUT2D eigenvalue weighted by atomic mass is 35.5. The van der Waals surface area contributed by atoms with Crippen molar-refractivity contribution < 1.29 is 19.1 Å². The van der Waals surface area contributed by atoms with Crippen molar-refractivity contribution in [3.8, 4) is 0 Å². The van der Waals surface area contributed by atoms with E-state index in [9.17, 15) is 9.59 Å². The summed E-state index contributed by atoms with van der Waals surface area (Å²) in [7, 11) is 1.34. The molecule has 0 unspecified atom stereocenters. The van der Waals surface area contributed by atoms with Gasteiger partial charge in [0.2, 0.25) is 0 Å². The average molecular weight is 272 g/mol. The number of cyclic esters (lactones) is 1. The Bertz CT molecular complexity index is 449. The largest absolute Gasteiger partial charge is 0.465 e. The van der Waals surface area contributed by atoms with Crippen LogP contribution in [0.1, 0.15) is 28.4 Å². The fourth-order valence-corrected chi connectivity index (χ4v) is 1.78. The summed E-state index contributed by atoms with van der Waals surface area (Å²) in [6, 6.07) is 6.92. The Balaban J connectivity index is 0.00000162. The van der Waals surface area contributed by atoms with Gasteiger partial charge in [0.05, 0.1) is 25.3 Å². The van der Waals surface area contributed by atoms with Crippen molar-refractivity contribution in [2.24, 2.45) is 0 Å². The molecular weight excluding hydrogens is 258 g/mol. The van der Waals surface area contributed by atoms with E-state index in [-0.39, 0.29) is 24.4 Å². The van der Waals surface area contributed by atoms with Crippen molar-refractivity contribution in [2.45, 2.75) is 12.5 Å². The number of halogens is 1. The maximum absolute atomic E-state index is 11.4. The lowest BCUT2D eigenvalue weighted by Gasteiger charge is -2.23. The van der Waals surface area contributed by atoms with Crippen molar-refractivity contribution in [3.05, 3.63) is 35.4 Å². The molecule has 5 nitrogen and oxygen atoms in total. The average Bonchev–Trinajstić information content (AvgIpc) is 2.38. The molecule has 2 rings (SSSR count). The Kier molecular flexibility index (Phi) is 4.97. The summed E-state index contributed by atoms with van der Waals surface area (Å²) in [6.45, 7) is 0.388. The van der Waals surface area contributed by atoms with Crippen LogP contribution in [-0.2, 0) is 9.47 Å².